The van der Waals surface area contributed by atoms with Crippen LogP contribution < -0.4 is 4.74 Å². The lowest BCUT2D eigenvalue weighted by Gasteiger charge is -2.17. The standard InChI is InChI=1S/C18H24O7/c1-5-15(18(21)24-8-4)25-12-9-10-13(16(19)22-6-2)14(11-12)17(20)23-7-3/h9-11,15H,5-8H2,1-4H3. The Hall–Kier alpha value is -2.57. The molecule has 1 aromatic rings. The van der Waals surface area contributed by atoms with Gasteiger partial charge >= 0.3 is 17.9 Å². The minimum atomic E-state index is -0.802. The van der Waals surface area contributed by atoms with Gasteiger partial charge in [0.2, 0.25) is 0 Å². The molecule has 0 aliphatic heterocycles. The summed E-state index contributed by atoms with van der Waals surface area (Å²) in [6.45, 7) is 7.40. The number of hydrogen-bond acceptors (Lipinski definition) is 7. The van der Waals surface area contributed by atoms with Crippen LogP contribution >= 0.6 is 0 Å². The molecule has 0 radical (unpaired) electrons. The van der Waals surface area contributed by atoms with Gasteiger partial charge in [0.05, 0.1) is 30.9 Å². The maximum atomic E-state index is 12.1. The molecule has 7 heteroatoms. The first-order chi connectivity index (χ1) is 12.0. The van der Waals surface area contributed by atoms with Crippen molar-refractivity contribution in [3.63, 3.8) is 0 Å². The number of rotatable bonds is 9. The normalized spacial score (nSPS) is 11.4. The van der Waals surface area contributed by atoms with Crippen LogP contribution in [0.3, 0.4) is 0 Å². The van der Waals surface area contributed by atoms with E-state index in [0.717, 1.165) is 0 Å². The fourth-order valence-corrected chi connectivity index (χ4v) is 2.06. The predicted molar refractivity (Wildman–Crippen MR) is 89.7 cm³/mol. The van der Waals surface area contributed by atoms with E-state index in [1.165, 1.54) is 18.2 Å². The van der Waals surface area contributed by atoms with Gasteiger partial charge in [0, 0.05) is 0 Å². The summed E-state index contributed by atoms with van der Waals surface area (Å²) >= 11 is 0. The van der Waals surface area contributed by atoms with Crippen LogP contribution in [-0.2, 0) is 19.0 Å². The maximum Gasteiger partial charge on any atom is 0.347 e. The van der Waals surface area contributed by atoms with Gasteiger partial charge in [0.25, 0.3) is 0 Å². The lowest BCUT2D eigenvalue weighted by Crippen LogP contribution is -2.28. The highest BCUT2D eigenvalue weighted by atomic mass is 16.6. The highest BCUT2D eigenvalue weighted by Gasteiger charge is 2.23. The summed E-state index contributed by atoms with van der Waals surface area (Å²) in [5, 5.41) is 0. The second kappa shape index (κ2) is 10.3. The molecule has 1 atom stereocenters. The summed E-state index contributed by atoms with van der Waals surface area (Å²) in [7, 11) is 0. The van der Waals surface area contributed by atoms with Crippen LogP contribution in [-0.4, -0.2) is 43.8 Å². The molecule has 25 heavy (non-hydrogen) atoms. The molecular formula is C18H24O7. The third kappa shape index (κ3) is 5.77. The van der Waals surface area contributed by atoms with Gasteiger partial charge in [0.1, 0.15) is 5.75 Å². The largest absolute Gasteiger partial charge is 0.479 e. The van der Waals surface area contributed by atoms with Gasteiger partial charge < -0.3 is 18.9 Å². The van der Waals surface area contributed by atoms with E-state index in [4.69, 9.17) is 18.9 Å². The van der Waals surface area contributed by atoms with Crippen molar-refractivity contribution in [3.05, 3.63) is 29.3 Å². The van der Waals surface area contributed by atoms with Crippen LogP contribution in [0.1, 0.15) is 54.8 Å². The summed E-state index contributed by atoms with van der Waals surface area (Å²) in [6.07, 6.45) is -0.406. The van der Waals surface area contributed by atoms with Gasteiger partial charge in [-0.2, -0.15) is 0 Å². The molecule has 0 spiro atoms. The highest BCUT2D eigenvalue weighted by Crippen LogP contribution is 2.22. The first kappa shape index (κ1) is 20.5. The fourth-order valence-electron chi connectivity index (χ4n) is 2.06. The summed E-state index contributed by atoms with van der Waals surface area (Å²) < 4.78 is 20.5. The fraction of sp³-hybridized carbons (Fsp3) is 0.500. The van der Waals surface area contributed by atoms with E-state index in [-0.39, 0.29) is 36.7 Å². The molecule has 138 valence electrons. The van der Waals surface area contributed by atoms with Gasteiger partial charge in [-0.25, -0.2) is 14.4 Å². The Bertz CT molecular complexity index is 609. The van der Waals surface area contributed by atoms with Gasteiger partial charge in [-0.1, -0.05) is 6.92 Å². The first-order valence-electron chi connectivity index (χ1n) is 8.29. The average Bonchev–Trinajstić information content (AvgIpc) is 2.60. The second-order valence-electron chi connectivity index (χ2n) is 4.92. The third-order valence-corrected chi connectivity index (χ3v) is 3.18. The van der Waals surface area contributed by atoms with Crippen molar-refractivity contribution in [3.8, 4) is 5.75 Å². The van der Waals surface area contributed by atoms with Crippen molar-refractivity contribution in [1.29, 1.82) is 0 Å². The van der Waals surface area contributed by atoms with Crippen LogP contribution in [0, 0.1) is 0 Å². The van der Waals surface area contributed by atoms with E-state index in [1.807, 2.05) is 0 Å². The topological polar surface area (TPSA) is 88.1 Å². The van der Waals surface area contributed by atoms with Crippen molar-refractivity contribution in [2.24, 2.45) is 0 Å². The first-order valence-corrected chi connectivity index (χ1v) is 8.29. The SMILES string of the molecule is CCOC(=O)c1ccc(OC(CC)C(=O)OCC)cc1C(=O)OCC. The molecule has 0 heterocycles. The number of benzene rings is 1. The van der Waals surface area contributed by atoms with Gasteiger partial charge in [-0.3, -0.25) is 0 Å². The van der Waals surface area contributed by atoms with Crippen molar-refractivity contribution >= 4 is 17.9 Å². The summed E-state index contributed by atoms with van der Waals surface area (Å²) in [5.74, 6) is -1.53. The average molecular weight is 352 g/mol. The quantitative estimate of drug-likeness (QED) is 0.499. The minimum Gasteiger partial charge on any atom is -0.479 e. The van der Waals surface area contributed by atoms with Crippen LogP contribution in [0.5, 0.6) is 5.75 Å². The lowest BCUT2D eigenvalue weighted by atomic mass is 10.1. The highest BCUT2D eigenvalue weighted by molar-refractivity contribution is 6.03. The van der Waals surface area contributed by atoms with E-state index in [9.17, 15) is 14.4 Å². The van der Waals surface area contributed by atoms with Crippen LogP contribution in [0.4, 0.5) is 0 Å². The number of carbonyl (C=O) groups excluding carboxylic acids is 3. The molecule has 0 saturated carbocycles. The second-order valence-corrected chi connectivity index (χ2v) is 4.92. The molecular weight excluding hydrogens is 328 g/mol. The van der Waals surface area contributed by atoms with E-state index in [1.54, 1.807) is 27.7 Å². The number of ether oxygens (including phenoxy) is 4. The van der Waals surface area contributed by atoms with E-state index >= 15 is 0 Å². The minimum absolute atomic E-state index is 0.0245. The van der Waals surface area contributed by atoms with Crippen LogP contribution in [0.2, 0.25) is 0 Å². The molecule has 0 aromatic heterocycles. The zero-order chi connectivity index (χ0) is 18.8. The Morgan fingerprint density at radius 3 is 1.92 bits per heavy atom. The zero-order valence-corrected chi connectivity index (χ0v) is 15.0. The molecule has 0 saturated heterocycles. The van der Waals surface area contributed by atoms with E-state index < -0.39 is 24.0 Å². The van der Waals surface area contributed by atoms with Crippen molar-refractivity contribution in [1.82, 2.24) is 0 Å². The van der Waals surface area contributed by atoms with Crippen LogP contribution in [0.15, 0.2) is 18.2 Å². The molecule has 7 nitrogen and oxygen atoms in total. The molecule has 1 aromatic carbocycles. The maximum absolute atomic E-state index is 12.1. The monoisotopic (exact) mass is 352 g/mol. The molecule has 1 unspecified atom stereocenters. The Labute approximate surface area is 147 Å². The smallest absolute Gasteiger partial charge is 0.347 e. The molecule has 0 bridgehead atoms. The molecule has 0 aliphatic rings. The third-order valence-electron chi connectivity index (χ3n) is 3.18. The molecule has 1 rings (SSSR count). The van der Waals surface area contributed by atoms with Gasteiger partial charge in [0.15, 0.2) is 6.10 Å². The lowest BCUT2D eigenvalue weighted by molar-refractivity contribution is -0.151. The Morgan fingerprint density at radius 2 is 1.40 bits per heavy atom. The van der Waals surface area contributed by atoms with Gasteiger partial charge in [-0.05, 0) is 45.4 Å². The zero-order valence-electron chi connectivity index (χ0n) is 15.0. The van der Waals surface area contributed by atoms with Crippen molar-refractivity contribution in [2.75, 3.05) is 19.8 Å². The molecule has 0 amide bonds. The number of esters is 3. The van der Waals surface area contributed by atoms with Gasteiger partial charge in [-0.15, -0.1) is 0 Å². The molecule has 0 aliphatic carbocycles. The van der Waals surface area contributed by atoms with Crippen molar-refractivity contribution in [2.45, 2.75) is 40.2 Å². The van der Waals surface area contributed by atoms with E-state index in [0.29, 0.717) is 6.42 Å². The Balaban J connectivity index is 3.13. The number of hydrogen-bond donors (Lipinski definition) is 0. The van der Waals surface area contributed by atoms with Crippen LogP contribution in [0.25, 0.3) is 0 Å². The molecule has 0 fully saturated rings. The summed E-state index contributed by atoms with van der Waals surface area (Å²) in [5.41, 5.74) is 0.105. The summed E-state index contributed by atoms with van der Waals surface area (Å²) in [6, 6.07) is 4.28. The Morgan fingerprint density at radius 1 is 0.840 bits per heavy atom. The van der Waals surface area contributed by atoms with E-state index in [2.05, 4.69) is 0 Å². The predicted octanol–water partition coefficient (Wildman–Crippen LogP) is 2.76. The van der Waals surface area contributed by atoms with Crippen molar-refractivity contribution < 1.29 is 33.3 Å². The Kier molecular flexibility index (Phi) is 8.46. The summed E-state index contributed by atoms with van der Waals surface area (Å²) in [4.78, 5) is 36.0. The number of carbonyl (C=O) groups is 3. The molecule has 0 N–H and O–H groups in total.